The van der Waals surface area contributed by atoms with Crippen LogP contribution in [0.5, 0.6) is 0 Å². The lowest BCUT2D eigenvalue weighted by Crippen LogP contribution is -2.27. The van der Waals surface area contributed by atoms with Crippen LogP contribution in [0.25, 0.3) is 0 Å². The second-order valence-corrected chi connectivity index (χ2v) is 8.02. The maximum atomic E-state index is 12.7. The Balaban J connectivity index is 1.87. The van der Waals surface area contributed by atoms with Gasteiger partial charge in [0.1, 0.15) is 0 Å². The van der Waals surface area contributed by atoms with Crippen molar-refractivity contribution < 1.29 is 8.42 Å². The van der Waals surface area contributed by atoms with Crippen molar-refractivity contribution in [1.29, 1.82) is 0 Å². The highest BCUT2D eigenvalue weighted by Crippen LogP contribution is 2.33. The van der Waals surface area contributed by atoms with Gasteiger partial charge in [0.05, 0.1) is 4.90 Å². The third-order valence-corrected chi connectivity index (χ3v) is 5.79. The minimum absolute atomic E-state index is 0.140. The summed E-state index contributed by atoms with van der Waals surface area (Å²) in [6.07, 6.45) is 1.73. The lowest BCUT2D eigenvalue weighted by Gasteiger charge is -2.17. The van der Waals surface area contributed by atoms with Crippen molar-refractivity contribution in [2.45, 2.75) is 30.7 Å². The summed E-state index contributed by atoms with van der Waals surface area (Å²) in [4.78, 5) is 2.21. The highest BCUT2D eigenvalue weighted by molar-refractivity contribution is 7.89. The molecule has 0 spiro atoms. The van der Waals surface area contributed by atoms with Crippen LogP contribution in [0.3, 0.4) is 0 Å². The largest absolute Gasteiger partial charge is 0.378 e. The molecule has 122 valence electrons. The zero-order valence-corrected chi connectivity index (χ0v) is 14.5. The molecular weight excluding hydrogens is 308 g/mol. The minimum Gasteiger partial charge on any atom is -0.378 e. The summed E-state index contributed by atoms with van der Waals surface area (Å²) in [5, 5.41) is 0. The zero-order valence-electron chi connectivity index (χ0n) is 13.7. The molecule has 1 aliphatic carbocycles. The van der Waals surface area contributed by atoms with Gasteiger partial charge in [-0.25, -0.2) is 13.1 Å². The van der Waals surface area contributed by atoms with Crippen molar-refractivity contribution in [1.82, 2.24) is 4.72 Å². The Labute approximate surface area is 138 Å². The van der Waals surface area contributed by atoms with E-state index in [2.05, 4.69) is 17.7 Å². The number of hydrogen-bond acceptors (Lipinski definition) is 3. The van der Waals surface area contributed by atoms with Crippen LogP contribution < -0.4 is 9.62 Å². The average molecular weight is 330 g/mol. The number of hydrogen-bond donors (Lipinski definition) is 1. The Morgan fingerprint density at radius 3 is 2.65 bits per heavy atom. The second-order valence-electron chi connectivity index (χ2n) is 6.31. The van der Waals surface area contributed by atoms with Gasteiger partial charge in [0, 0.05) is 25.8 Å². The Kier molecular flexibility index (Phi) is 4.17. The topological polar surface area (TPSA) is 49.4 Å². The molecule has 0 fully saturated rings. The lowest BCUT2D eigenvalue weighted by atomic mass is 10.1. The molecule has 2 aromatic rings. The summed E-state index contributed by atoms with van der Waals surface area (Å²) in [6, 6.07) is 13.1. The summed E-state index contributed by atoms with van der Waals surface area (Å²) < 4.78 is 28.3. The summed E-state index contributed by atoms with van der Waals surface area (Å²) in [5.41, 5.74) is 4.43. The van der Waals surface area contributed by atoms with Crippen LogP contribution >= 0.6 is 0 Å². The Morgan fingerprint density at radius 1 is 1.13 bits per heavy atom. The van der Waals surface area contributed by atoms with Gasteiger partial charge in [-0.1, -0.05) is 29.8 Å². The number of anilines is 1. The first kappa shape index (κ1) is 16.0. The molecular formula is C18H22N2O2S. The number of sulfonamides is 1. The predicted octanol–water partition coefficient (Wildman–Crippen LogP) is 3.03. The molecule has 0 amide bonds. The molecule has 0 heterocycles. The van der Waals surface area contributed by atoms with Crippen molar-refractivity contribution in [3.63, 3.8) is 0 Å². The molecule has 4 nitrogen and oxygen atoms in total. The van der Waals surface area contributed by atoms with Gasteiger partial charge in [0.2, 0.25) is 10.0 Å². The van der Waals surface area contributed by atoms with Gasteiger partial charge in [-0.2, -0.15) is 0 Å². The number of benzene rings is 2. The maximum Gasteiger partial charge on any atom is 0.241 e. The highest BCUT2D eigenvalue weighted by Gasteiger charge is 2.27. The standard InChI is InChI=1S/C18H22N2O2S/c1-13-7-9-17-14(11-13)8-10-18(17)19-23(21,22)16-6-4-5-15(12-16)20(2)3/h4-7,9,11-12,18-19H,8,10H2,1-3H3. The van der Waals surface area contributed by atoms with Crippen molar-refractivity contribution in [2.75, 3.05) is 19.0 Å². The first-order chi connectivity index (χ1) is 10.9. The van der Waals surface area contributed by atoms with Crippen molar-refractivity contribution in [2.24, 2.45) is 0 Å². The molecule has 23 heavy (non-hydrogen) atoms. The maximum absolute atomic E-state index is 12.7. The second kappa shape index (κ2) is 5.98. The van der Waals surface area contributed by atoms with Crippen LogP contribution in [0.1, 0.15) is 29.2 Å². The van der Waals surface area contributed by atoms with Gasteiger partial charge in [0.15, 0.2) is 0 Å². The van der Waals surface area contributed by atoms with Crippen molar-refractivity contribution in [3.05, 3.63) is 59.2 Å². The number of fused-ring (bicyclic) bond motifs is 1. The van der Waals surface area contributed by atoms with Crippen LogP contribution in [-0.4, -0.2) is 22.5 Å². The highest BCUT2D eigenvalue weighted by atomic mass is 32.2. The molecule has 0 saturated carbocycles. The summed E-state index contributed by atoms with van der Waals surface area (Å²) in [5.74, 6) is 0. The normalized spacial score (nSPS) is 17.1. The van der Waals surface area contributed by atoms with Crippen LogP contribution in [0.2, 0.25) is 0 Å². The van der Waals surface area contributed by atoms with Gasteiger partial charge in [-0.15, -0.1) is 0 Å². The molecule has 1 N–H and O–H groups in total. The molecule has 0 radical (unpaired) electrons. The number of aryl methyl sites for hydroxylation is 2. The first-order valence-electron chi connectivity index (χ1n) is 7.76. The first-order valence-corrected chi connectivity index (χ1v) is 9.24. The summed E-state index contributed by atoms with van der Waals surface area (Å²) in [7, 11) is 0.266. The van der Waals surface area contributed by atoms with E-state index in [-0.39, 0.29) is 6.04 Å². The van der Waals surface area contributed by atoms with Gasteiger partial charge < -0.3 is 4.90 Å². The quantitative estimate of drug-likeness (QED) is 0.937. The van der Waals surface area contributed by atoms with E-state index in [9.17, 15) is 8.42 Å². The average Bonchev–Trinajstić information content (AvgIpc) is 2.89. The van der Waals surface area contributed by atoms with Crippen molar-refractivity contribution in [3.8, 4) is 0 Å². The Bertz CT molecular complexity index is 829. The van der Waals surface area contributed by atoms with E-state index in [0.29, 0.717) is 4.90 Å². The molecule has 5 heteroatoms. The molecule has 0 saturated heterocycles. The summed E-state index contributed by atoms with van der Waals surface area (Å²) in [6.45, 7) is 2.06. The molecule has 1 unspecified atom stereocenters. The van der Waals surface area contributed by atoms with Crippen molar-refractivity contribution >= 4 is 15.7 Å². The molecule has 3 rings (SSSR count). The fourth-order valence-corrected chi connectivity index (χ4v) is 4.34. The van der Waals surface area contributed by atoms with Crippen LogP contribution in [0, 0.1) is 6.92 Å². The fraction of sp³-hybridized carbons (Fsp3) is 0.333. The molecule has 1 atom stereocenters. The zero-order chi connectivity index (χ0) is 16.6. The Morgan fingerprint density at radius 2 is 1.91 bits per heavy atom. The fourth-order valence-electron chi connectivity index (χ4n) is 3.05. The lowest BCUT2D eigenvalue weighted by molar-refractivity contribution is 0.554. The summed E-state index contributed by atoms with van der Waals surface area (Å²) >= 11 is 0. The smallest absolute Gasteiger partial charge is 0.241 e. The molecule has 2 aromatic carbocycles. The van der Waals surface area contributed by atoms with Crippen LogP contribution in [-0.2, 0) is 16.4 Å². The van der Waals surface area contributed by atoms with E-state index < -0.39 is 10.0 Å². The predicted molar refractivity (Wildman–Crippen MR) is 93.3 cm³/mol. The minimum atomic E-state index is -3.53. The molecule has 0 aromatic heterocycles. The van der Waals surface area contributed by atoms with Crippen LogP contribution in [0.15, 0.2) is 47.4 Å². The van der Waals surface area contributed by atoms with E-state index in [0.717, 1.165) is 24.1 Å². The van der Waals surface area contributed by atoms with Gasteiger partial charge in [0.25, 0.3) is 0 Å². The van der Waals surface area contributed by atoms with Gasteiger partial charge in [-0.05, 0) is 49.1 Å². The third kappa shape index (κ3) is 3.26. The number of nitrogens with zero attached hydrogens (tertiary/aromatic N) is 1. The van der Waals surface area contributed by atoms with E-state index in [4.69, 9.17) is 0 Å². The molecule has 0 bridgehead atoms. The number of rotatable bonds is 4. The molecule has 0 aliphatic heterocycles. The van der Waals surface area contributed by atoms with E-state index in [1.54, 1.807) is 18.2 Å². The number of nitrogens with one attached hydrogen (secondary N) is 1. The molecule has 1 aliphatic rings. The van der Waals surface area contributed by atoms with Gasteiger partial charge in [-0.3, -0.25) is 0 Å². The SMILES string of the molecule is Cc1ccc2c(c1)CCC2NS(=O)(=O)c1cccc(N(C)C)c1. The third-order valence-electron chi connectivity index (χ3n) is 4.32. The van der Waals surface area contributed by atoms with E-state index in [1.807, 2.05) is 37.2 Å². The van der Waals surface area contributed by atoms with Gasteiger partial charge >= 0.3 is 0 Å². The monoisotopic (exact) mass is 330 g/mol. The van der Waals surface area contributed by atoms with Crippen LogP contribution in [0.4, 0.5) is 5.69 Å². The van der Waals surface area contributed by atoms with E-state index >= 15 is 0 Å². The van der Waals surface area contributed by atoms with E-state index in [1.165, 1.54) is 11.1 Å². The Hall–Kier alpha value is -1.85.